The molecule has 2 aromatic rings. The summed E-state index contributed by atoms with van der Waals surface area (Å²) in [5, 5.41) is 4.99. The molecule has 0 radical (unpaired) electrons. The molecule has 3 nitrogen and oxygen atoms in total. The van der Waals surface area contributed by atoms with Gasteiger partial charge in [0.2, 0.25) is 5.13 Å². The highest BCUT2D eigenvalue weighted by molar-refractivity contribution is 9.10. The molecule has 1 aromatic carbocycles. The van der Waals surface area contributed by atoms with Gasteiger partial charge in [-0.05, 0) is 19.9 Å². The summed E-state index contributed by atoms with van der Waals surface area (Å²) in [6.07, 6.45) is 1.77. The van der Waals surface area contributed by atoms with Gasteiger partial charge in [-0.15, -0.1) is 11.3 Å². The predicted molar refractivity (Wildman–Crippen MR) is 76.9 cm³/mol. The highest BCUT2D eigenvalue weighted by atomic mass is 79.9. The molecule has 2 rings (SSSR count). The number of halogens is 1. The summed E-state index contributed by atoms with van der Waals surface area (Å²) >= 11 is 5.07. The molecule has 0 saturated heterocycles. The van der Waals surface area contributed by atoms with Gasteiger partial charge in [-0.2, -0.15) is 5.10 Å². The van der Waals surface area contributed by atoms with Crippen LogP contribution in [-0.2, 0) is 0 Å². The Morgan fingerprint density at radius 3 is 2.76 bits per heavy atom. The van der Waals surface area contributed by atoms with E-state index in [9.17, 15) is 0 Å². The lowest BCUT2D eigenvalue weighted by molar-refractivity contribution is 1.20. The van der Waals surface area contributed by atoms with Crippen LogP contribution in [0.2, 0.25) is 0 Å². The summed E-state index contributed by atoms with van der Waals surface area (Å²) in [4.78, 5) is 5.56. The molecule has 1 heterocycles. The van der Waals surface area contributed by atoms with Crippen molar-refractivity contribution in [1.29, 1.82) is 0 Å². The number of benzene rings is 1. The first kappa shape index (κ1) is 12.3. The number of nitrogens with one attached hydrogen (secondary N) is 1. The minimum atomic E-state index is 0.823. The normalized spacial score (nSPS) is 11.0. The Bertz CT molecular complexity index is 529. The van der Waals surface area contributed by atoms with E-state index in [2.05, 4.69) is 38.4 Å². The van der Waals surface area contributed by atoms with Gasteiger partial charge in [0.1, 0.15) is 0 Å². The third-order valence-electron chi connectivity index (χ3n) is 2.30. The number of nitrogens with zero attached hydrogens (tertiary/aromatic N) is 2. The van der Waals surface area contributed by atoms with Crippen LogP contribution in [0.25, 0.3) is 0 Å². The SMILES string of the molecule is Cc1nc(NN=Cc2ccccc2Br)sc1C. The van der Waals surface area contributed by atoms with Crippen molar-refractivity contribution in [2.24, 2.45) is 5.10 Å². The summed E-state index contributed by atoms with van der Waals surface area (Å²) in [5.74, 6) is 0. The molecule has 0 amide bonds. The minimum Gasteiger partial charge on any atom is -0.253 e. The Morgan fingerprint density at radius 2 is 2.12 bits per heavy atom. The molecule has 5 heteroatoms. The average Bonchev–Trinajstić information content (AvgIpc) is 2.61. The minimum absolute atomic E-state index is 0.823. The molecule has 0 aliphatic carbocycles. The van der Waals surface area contributed by atoms with E-state index in [0.717, 1.165) is 20.9 Å². The zero-order chi connectivity index (χ0) is 12.3. The van der Waals surface area contributed by atoms with Gasteiger partial charge < -0.3 is 0 Å². The van der Waals surface area contributed by atoms with Crippen LogP contribution in [0.4, 0.5) is 5.13 Å². The van der Waals surface area contributed by atoms with Gasteiger partial charge in [0, 0.05) is 14.9 Å². The van der Waals surface area contributed by atoms with E-state index < -0.39 is 0 Å². The molecular weight excluding hydrogens is 298 g/mol. The number of hydrogen-bond donors (Lipinski definition) is 1. The van der Waals surface area contributed by atoms with E-state index in [4.69, 9.17) is 0 Å². The average molecular weight is 310 g/mol. The summed E-state index contributed by atoms with van der Waals surface area (Å²) in [6.45, 7) is 4.05. The van der Waals surface area contributed by atoms with Crippen molar-refractivity contribution >= 4 is 38.6 Å². The lowest BCUT2D eigenvalue weighted by Gasteiger charge is -1.96. The number of aryl methyl sites for hydroxylation is 2. The van der Waals surface area contributed by atoms with Crippen LogP contribution in [0, 0.1) is 13.8 Å². The lowest BCUT2D eigenvalue weighted by atomic mass is 10.2. The van der Waals surface area contributed by atoms with E-state index in [1.165, 1.54) is 4.88 Å². The standard InChI is InChI=1S/C12H12BrN3S/c1-8-9(2)17-12(15-8)16-14-7-10-5-3-4-6-11(10)13/h3-7H,1-2H3,(H,15,16). The molecule has 17 heavy (non-hydrogen) atoms. The highest BCUT2D eigenvalue weighted by Crippen LogP contribution is 2.21. The second-order valence-electron chi connectivity index (χ2n) is 3.55. The summed E-state index contributed by atoms with van der Waals surface area (Å²) < 4.78 is 1.03. The van der Waals surface area contributed by atoms with Gasteiger partial charge in [0.05, 0.1) is 11.9 Å². The van der Waals surface area contributed by atoms with Gasteiger partial charge in [-0.1, -0.05) is 34.1 Å². The third kappa shape index (κ3) is 3.14. The molecule has 0 saturated carbocycles. The molecule has 0 aliphatic heterocycles. The Labute approximate surface area is 113 Å². The van der Waals surface area contributed by atoms with Crippen LogP contribution < -0.4 is 5.43 Å². The first-order chi connectivity index (χ1) is 8.16. The van der Waals surface area contributed by atoms with Crippen molar-refractivity contribution in [3.8, 4) is 0 Å². The first-order valence-corrected chi connectivity index (χ1v) is 6.75. The second-order valence-corrected chi connectivity index (χ2v) is 5.61. The summed E-state index contributed by atoms with van der Waals surface area (Å²) in [6, 6.07) is 7.93. The Hall–Kier alpha value is -1.20. The van der Waals surface area contributed by atoms with Crippen molar-refractivity contribution in [1.82, 2.24) is 4.98 Å². The van der Waals surface area contributed by atoms with Crippen molar-refractivity contribution in [2.45, 2.75) is 13.8 Å². The van der Waals surface area contributed by atoms with E-state index in [0.29, 0.717) is 0 Å². The molecule has 88 valence electrons. The molecule has 0 spiro atoms. The maximum atomic E-state index is 4.35. The van der Waals surface area contributed by atoms with Gasteiger partial charge in [-0.25, -0.2) is 4.98 Å². The smallest absolute Gasteiger partial charge is 0.203 e. The van der Waals surface area contributed by atoms with Crippen LogP contribution in [-0.4, -0.2) is 11.2 Å². The zero-order valence-electron chi connectivity index (χ0n) is 9.57. The second kappa shape index (κ2) is 5.42. The molecule has 0 fully saturated rings. The molecular formula is C12H12BrN3S. The van der Waals surface area contributed by atoms with Crippen LogP contribution >= 0.6 is 27.3 Å². The first-order valence-electron chi connectivity index (χ1n) is 5.14. The Balaban J connectivity index is 2.05. The fourth-order valence-electron chi connectivity index (χ4n) is 1.26. The maximum Gasteiger partial charge on any atom is 0.203 e. The van der Waals surface area contributed by atoms with Gasteiger partial charge in [-0.3, -0.25) is 5.43 Å². The number of hydrazone groups is 1. The van der Waals surface area contributed by atoms with Crippen molar-refractivity contribution in [2.75, 3.05) is 5.43 Å². The lowest BCUT2D eigenvalue weighted by Crippen LogP contribution is -1.90. The van der Waals surface area contributed by atoms with Crippen LogP contribution in [0.15, 0.2) is 33.8 Å². The van der Waals surface area contributed by atoms with Crippen LogP contribution in [0.5, 0.6) is 0 Å². The Kier molecular flexibility index (Phi) is 3.91. The molecule has 0 unspecified atom stereocenters. The van der Waals surface area contributed by atoms with Gasteiger partial charge in [0.25, 0.3) is 0 Å². The van der Waals surface area contributed by atoms with E-state index in [1.807, 2.05) is 31.2 Å². The largest absolute Gasteiger partial charge is 0.253 e. The fourth-order valence-corrected chi connectivity index (χ4v) is 2.41. The fraction of sp³-hybridized carbons (Fsp3) is 0.167. The number of hydrogen-bond acceptors (Lipinski definition) is 4. The monoisotopic (exact) mass is 309 g/mol. The van der Waals surface area contributed by atoms with E-state index >= 15 is 0 Å². The number of rotatable bonds is 3. The van der Waals surface area contributed by atoms with Gasteiger partial charge >= 0.3 is 0 Å². The Morgan fingerprint density at radius 1 is 1.35 bits per heavy atom. The van der Waals surface area contributed by atoms with E-state index in [-0.39, 0.29) is 0 Å². The number of anilines is 1. The van der Waals surface area contributed by atoms with Crippen molar-refractivity contribution in [3.63, 3.8) is 0 Å². The number of thiazole rings is 1. The number of aromatic nitrogens is 1. The summed E-state index contributed by atoms with van der Waals surface area (Å²) in [7, 11) is 0. The molecule has 0 bridgehead atoms. The quantitative estimate of drug-likeness (QED) is 0.688. The zero-order valence-corrected chi connectivity index (χ0v) is 12.0. The highest BCUT2D eigenvalue weighted by Gasteiger charge is 2.01. The summed E-state index contributed by atoms with van der Waals surface area (Å²) in [5.41, 5.74) is 5.02. The molecule has 1 aromatic heterocycles. The van der Waals surface area contributed by atoms with Crippen LogP contribution in [0.1, 0.15) is 16.1 Å². The van der Waals surface area contributed by atoms with Gasteiger partial charge in [0.15, 0.2) is 0 Å². The maximum absolute atomic E-state index is 4.35. The van der Waals surface area contributed by atoms with Crippen LogP contribution in [0.3, 0.4) is 0 Å². The predicted octanol–water partition coefficient (Wildman–Crippen LogP) is 3.97. The topological polar surface area (TPSA) is 37.3 Å². The molecule has 1 N–H and O–H groups in total. The molecule has 0 atom stereocenters. The van der Waals surface area contributed by atoms with E-state index in [1.54, 1.807) is 17.6 Å². The van der Waals surface area contributed by atoms with Crippen molar-refractivity contribution in [3.05, 3.63) is 44.9 Å². The third-order valence-corrected chi connectivity index (χ3v) is 4.00. The molecule has 0 aliphatic rings. The van der Waals surface area contributed by atoms with Crippen molar-refractivity contribution < 1.29 is 0 Å².